The van der Waals surface area contributed by atoms with Crippen LogP contribution in [0.3, 0.4) is 0 Å². The Kier molecular flexibility index (Phi) is 55.5. The van der Waals surface area contributed by atoms with Crippen molar-refractivity contribution in [1.82, 2.24) is 0 Å². The molecule has 0 aliphatic carbocycles. The summed E-state index contributed by atoms with van der Waals surface area (Å²) in [6, 6.07) is 0. The Bertz CT molecular complexity index is 171. The first-order chi connectivity index (χ1) is 11.3. The van der Waals surface area contributed by atoms with Crippen LogP contribution in [0.1, 0.15) is 55.4 Å². The molecule has 10 heteroatoms. The molecular weight excluding hydrogens is 716 g/mol. The van der Waals surface area contributed by atoms with Crippen molar-refractivity contribution in [3.05, 3.63) is 0 Å². The molecule has 0 aliphatic rings. The zero-order valence-electron chi connectivity index (χ0n) is 17.7. The second kappa shape index (κ2) is 33.2. The number of hydrogen-bond donors (Lipinski definition) is 0. The van der Waals surface area contributed by atoms with E-state index in [0.29, 0.717) is 0 Å². The maximum Gasteiger partial charge on any atom is -0.813 e. The van der Waals surface area contributed by atoms with E-state index >= 15 is 0 Å². The molecule has 0 radical (unpaired) electrons. The molecule has 0 aliphatic heterocycles. The van der Waals surface area contributed by atoms with Gasteiger partial charge in [0.25, 0.3) is 0 Å². The van der Waals surface area contributed by atoms with Gasteiger partial charge in [0, 0.05) is 0 Å². The van der Waals surface area contributed by atoms with E-state index in [1.807, 2.05) is 0 Å². The van der Waals surface area contributed by atoms with Crippen LogP contribution in [0.5, 0.6) is 0 Å². The predicted molar refractivity (Wildman–Crippen MR) is 138 cm³/mol. The standard InChI is InChI=1S/2C8H20N.4BrH.2Fe.2H2S/c2*1-5-9(6-2,7-3)8-4;;;;;;;;/h2*5-8H2,1-4H3;4*1H;;;2*1H2/q2*+1;;;;;+1;+3;;/p-6. The second-order valence-electron chi connectivity index (χ2n) is 5.31. The Morgan fingerprint density at radius 2 is 0.615 bits per heavy atom. The van der Waals surface area contributed by atoms with Crippen molar-refractivity contribution in [2.45, 2.75) is 55.4 Å². The van der Waals surface area contributed by atoms with Crippen LogP contribution in [0, 0.1) is 0 Å². The van der Waals surface area contributed by atoms with Gasteiger partial charge in [-0.1, -0.05) is 0 Å². The summed E-state index contributed by atoms with van der Waals surface area (Å²) < 4.78 is 2.56. The molecule has 0 heterocycles. The van der Waals surface area contributed by atoms with Crippen molar-refractivity contribution in [2.24, 2.45) is 0 Å². The first-order valence-corrected chi connectivity index (χ1v) is 19.6. The van der Waals surface area contributed by atoms with Gasteiger partial charge in [-0.15, -0.1) is 0 Å². The van der Waals surface area contributed by atoms with E-state index in [4.69, 9.17) is 0 Å². The van der Waals surface area contributed by atoms with Crippen molar-refractivity contribution in [2.75, 3.05) is 52.4 Å². The van der Waals surface area contributed by atoms with Crippen LogP contribution in [0.15, 0.2) is 0 Å². The molecule has 0 unspecified atom stereocenters. The maximum absolute atomic E-state index is 3.06. The number of halogens is 4. The minimum absolute atomic E-state index is 0. The minimum Gasteiger partial charge on any atom is -0.813 e. The molecule has 0 aromatic heterocycles. The van der Waals surface area contributed by atoms with Crippen LogP contribution in [-0.2, 0) is 49.7 Å². The van der Waals surface area contributed by atoms with Gasteiger partial charge in [0.1, 0.15) is 0 Å². The fourth-order valence-electron chi connectivity index (χ4n) is 2.68. The Balaban J connectivity index is -0.0000000558. The van der Waals surface area contributed by atoms with Gasteiger partial charge >= 0.3 is 79.1 Å². The number of rotatable bonds is 8. The predicted octanol–water partition coefficient (Wildman–Crippen LogP) is 6.60. The summed E-state index contributed by atoms with van der Waals surface area (Å²) >= 11 is 14.0. The molecule has 0 bridgehead atoms. The number of thiol groups is 2. The van der Waals surface area contributed by atoms with Crippen LogP contribution in [0.2, 0.25) is 0 Å². The maximum atomic E-state index is 3.06. The molecule has 0 aromatic rings. The first-order valence-electron chi connectivity index (χ1n) is 8.72. The summed E-state index contributed by atoms with van der Waals surface area (Å²) in [5.41, 5.74) is 0. The Morgan fingerprint density at radius 1 is 0.538 bits per heavy atom. The van der Waals surface area contributed by atoms with Gasteiger partial charge in [0.2, 0.25) is 0 Å². The van der Waals surface area contributed by atoms with E-state index in [-0.39, 0.29) is 27.0 Å². The van der Waals surface area contributed by atoms with Crippen molar-refractivity contribution in [1.29, 1.82) is 0 Å². The average molecular weight is 758 g/mol. The zero-order chi connectivity index (χ0) is 20.1. The Hall–Kier alpha value is 3.58. The summed E-state index contributed by atoms with van der Waals surface area (Å²) in [7, 11) is 0. The minimum atomic E-state index is 0. The topological polar surface area (TPSA) is 0 Å². The molecule has 0 saturated carbocycles. The molecule has 0 aromatic carbocycles. The van der Waals surface area contributed by atoms with Gasteiger partial charge < -0.3 is 36.0 Å². The summed E-state index contributed by atoms with van der Waals surface area (Å²) in [5, 5.41) is 0. The van der Waals surface area contributed by atoms with Gasteiger partial charge in [0.05, 0.1) is 52.4 Å². The van der Waals surface area contributed by atoms with Gasteiger partial charge in [-0.2, -0.15) is 0 Å². The van der Waals surface area contributed by atoms with Crippen molar-refractivity contribution < 1.29 is 31.6 Å². The third kappa shape index (κ3) is 25.6. The third-order valence-electron chi connectivity index (χ3n) is 5.37. The number of quaternary nitrogens is 2. The summed E-state index contributed by atoms with van der Waals surface area (Å²) in [6.45, 7) is 28.4. The van der Waals surface area contributed by atoms with Crippen LogP contribution in [0.25, 0.3) is 0 Å². The molecule has 0 spiro atoms. The smallest absolute Gasteiger partial charge is 0.813 e. The van der Waals surface area contributed by atoms with Crippen LogP contribution in [-0.4, -0.2) is 61.3 Å². The molecule has 0 atom stereocenters. The van der Waals surface area contributed by atoms with Gasteiger partial charge in [-0.25, -0.2) is 0 Å². The summed E-state index contributed by atoms with van der Waals surface area (Å²) in [5.74, 6) is 0. The van der Waals surface area contributed by atoms with E-state index in [1.54, 1.807) is 0 Å². The van der Waals surface area contributed by atoms with Gasteiger partial charge in [0.15, 0.2) is 0 Å². The SMILES string of the molecule is CC[N+](CC)(CC)CC.CC[N+](CC)(CC)CC.[Br][Fe+][Br].[Br][Fe-][Br].[SH-].[SH-]. The average Bonchev–Trinajstić information content (AvgIpc) is 2.62. The van der Waals surface area contributed by atoms with Crippen LogP contribution < -0.4 is 0 Å². The fourth-order valence-corrected chi connectivity index (χ4v) is 2.68. The van der Waals surface area contributed by atoms with Gasteiger partial charge in [-0.05, 0) is 55.4 Å². The van der Waals surface area contributed by atoms with E-state index in [2.05, 4.69) is 112 Å². The normalized spacial score (nSPS) is 9.85. The largest absolute Gasteiger partial charge is 0.813 e. The third-order valence-corrected chi connectivity index (χ3v) is 5.37. The van der Waals surface area contributed by atoms with Crippen LogP contribution in [0.4, 0.5) is 0 Å². The Labute approximate surface area is 220 Å². The molecule has 26 heavy (non-hydrogen) atoms. The van der Waals surface area contributed by atoms with Crippen molar-refractivity contribution in [3.8, 4) is 0 Å². The molecule has 0 amide bonds. The molecule has 2 nitrogen and oxygen atoms in total. The van der Waals surface area contributed by atoms with E-state index in [0.717, 1.165) is 22.7 Å². The van der Waals surface area contributed by atoms with E-state index < -0.39 is 0 Å². The first kappa shape index (κ1) is 43.5. The van der Waals surface area contributed by atoms with Gasteiger partial charge in [-0.3, -0.25) is 0 Å². The molecule has 172 valence electrons. The molecule has 0 N–H and O–H groups in total. The van der Waals surface area contributed by atoms with Crippen molar-refractivity contribution >= 4 is 83.4 Å². The Morgan fingerprint density at radius 3 is 0.615 bits per heavy atom. The molecule has 0 fully saturated rings. The molecule has 0 rings (SSSR count). The molecule has 0 saturated heterocycles. The van der Waals surface area contributed by atoms with E-state index in [1.165, 1.54) is 61.3 Å². The monoisotopic (exact) mass is 754 g/mol. The number of nitrogens with zero attached hydrogens (tertiary/aromatic N) is 2. The summed E-state index contributed by atoms with van der Waals surface area (Å²) in [4.78, 5) is 0. The zero-order valence-corrected chi connectivity index (χ0v) is 28.0. The van der Waals surface area contributed by atoms with Crippen molar-refractivity contribution in [3.63, 3.8) is 0 Å². The summed E-state index contributed by atoms with van der Waals surface area (Å²) in [6.07, 6.45) is 0. The number of hydrogen-bond acceptors (Lipinski definition) is 2. The fraction of sp³-hybridized carbons (Fsp3) is 1.00. The van der Waals surface area contributed by atoms with E-state index in [9.17, 15) is 0 Å². The quantitative estimate of drug-likeness (QED) is 0.119. The molecular formula is C16H42Br4Fe2N2S2. The van der Waals surface area contributed by atoms with Crippen LogP contribution >= 0.6 is 56.4 Å². The second-order valence-corrected chi connectivity index (χ2v) is 16.5.